The Morgan fingerprint density at radius 1 is 1.35 bits per heavy atom. The number of ketones is 1. The van der Waals surface area contributed by atoms with Crippen LogP contribution in [0.1, 0.15) is 6.92 Å². The van der Waals surface area contributed by atoms with Crippen molar-refractivity contribution in [2.45, 2.75) is 6.92 Å². The lowest BCUT2D eigenvalue weighted by Crippen LogP contribution is -2.39. The summed E-state index contributed by atoms with van der Waals surface area (Å²) in [5.74, 6) is -3.76. The van der Waals surface area contributed by atoms with E-state index in [-0.39, 0.29) is 17.9 Å². The molecule has 106 valence electrons. The number of carboxylic acids is 1. The van der Waals surface area contributed by atoms with E-state index in [1.165, 1.54) is 7.05 Å². The molecule has 0 radical (unpaired) electrons. The van der Waals surface area contributed by atoms with E-state index >= 15 is 0 Å². The number of fused-ring (bicyclic) bond motifs is 1. The van der Waals surface area contributed by atoms with E-state index in [0.29, 0.717) is 0 Å². The van der Waals surface area contributed by atoms with Crippen LogP contribution in [0, 0.1) is 5.92 Å². The highest BCUT2D eigenvalue weighted by Gasteiger charge is 2.49. The SMILES string of the molecule is CCOC(=O)N1C2=CC(C(=O)O)=CC(=O)C2C(=O)N1C. The monoisotopic (exact) mass is 280 g/mol. The molecule has 1 unspecified atom stereocenters. The molecule has 2 amide bonds. The molecule has 0 aromatic carbocycles. The Morgan fingerprint density at radius 2 is 2.00 bits per heavy atom. The molecular formula is C12H12N2O6. The van der Waals surface area contributed by atoms with Crippen molar-refractivity contribution < 1.29 is 29.0 Å². The Bertz CT molecular complexity index is 576. The van der Waals surface area contributed by atoms with Crippen LogP contribution in [0.3, 0.4) is 0 Å². The van der Waals surface area contributed by atoms with Gasteiger partial charge in [-0.05, 0) is 19.1 Å². The highest BCUT2D eigenvalue weighted by Crippen LogP contribution is 2.34. The van der Waals surface area contributed by atoms with Crippen molar-refractivity contribution >= 4 is 23.8 Å². The molecule has 20 heavy (non-hydrogen) atoms. The third-order valence-corrected chi connectivity index (χ3v) is 2.98. The standard InChI is InChI=1S/C12H12N2O6/c1-3-20-12(19)14-7-4-6(11(17)18)5-8(15)9(7)10(16)13(14)2/h4-5,9H,3H2,1-2H3,(H,17,18). The first-order valence-electron chi connectivity index (χ1n) is 5.83. The topological polar surface area (TPSA) is 104 Å². The molecule has 2 rings (SSSR count). The normalized spacial score (nSPS) is 21.4. The lowest BCUT2D eigenvalue weighted by molar-refractivity contribution is -0.139. The van der Waals surface area contributed by atoms with Crippen molar-refractivity contribution in [1.29, 1.82) is 0 Å². The van der Waals surface area contributed by atoms with Crippen LogP contribution in [0.2, 0.25) is 0 Å². The number of nitrogens with zero attached hydrogens (tertiary/aromatic N) is 2. The van der Waals surface area contributed by atoms with Crippen LogP contribution in [-0.4, -0.2) is 52.5 Å². The van der Waals surface area contributed by atoms with Crippen LogP contribution in [0.5, 0.6) is 0 Å². The number of hydrogen-bond donors (Lipinski definition) is 1. The van der Waals surface area contributed by atoms with E-state index in [2.05, 4.69) is 0 Å². The number of carboxylic acid groups (broad SMARTS) is 1. The molecule has 0 bridgehead atoms. The molecule has 8 nitrogen and oxygen atoms in total. The molecule has 1 aliphatic carbocycles. The minimum absolute atomic E-state index is 0.000787. The molecule has 0 aromatic heterocycles. The fraction of sp³-hybridized carbons (Fsp3) is 0.333. The zero-order valence-electron chi connectivity index (χ0n) is 10.8. The smallest absolute Gasteiger partial charge is 0.433 e. The van der Waals surface area contributed by atoms with E-state index in [9.17, 15) is 19.2 Å². The summed E-state index contributed by atoms with van der Waals surface area (Å²) in [5.41, 5.74) is -0.278. The number of ether oxygens (including phenoxy) is 1. The molecule has 1 N–H and O–H groups in total. The predicted octanol–water partition coefficient (Wildman–Crippen LogP) is -0.0743. The van der Waals surface area contributed by atoms with Crippen LogP contribution < -0.4 is 0 Å². The number of rotatable bonds is 2. The van der Waals surface area contributed by atoms with Crippen LogP contribution in [0.4, 0.5) is 4.79 Å². The van der Waals surface area contributed by atoms with Gasteiger partial charge in [-0.15, -0.1) is 0 Å². The van der Waals surface area contributed by atoms with Gasteiger partial charge in [-0.3, -0.25) is 9.59 Å². The number of allylic oxidation sites excluding steroid dienone is 1. The second-order valence-electron chi connectivity index (χ2n) is 4.18. The Kier molecular flexibility index (Phi) is 3.31. The van der Waals surface area contributed by atoms with Gasteiger partial charge in [0.15, 0.2) is 5.78 Å². The highest BCUT2D eigenvalue weighted by molar-refractivity contribution is 6.15. The summed E-state index contributed by atoms with van der Waals surface area (Å²) in [6, 6.07) is 0. The number of carbonyl (C=O) groups is 4. The summed E-state index contributed by atoms with van der Waals surface area (Å²) >= 11 is 0. The summed E-state index contributed by atoms with van der Waals surface area (Å²) in [5, 5.41) is 10.8. The average Bonchev–Trinajstić information content (AvgIpc) is 2.62. The lowest BCUT2D eigenvalue weighted by atomic mass is 9.92. The third-order valence-electron chi connectivity index (χ3n) is 2.98. The van der Waals surface area contributed by atoms with Crippen molar-refractivity contribution in [1.82, 2.24) is 10.0 Å². The van der Waals surface area contributed by atoms with E-state index < -0.39 is 29.7 Å². The van der Waals surface area contributed by atoms with Gasteiger partial charge in [-0.1, -0.05) is 0 Å². The first-order chi connectivity index (χ1) is 9.38. The first-order valence-corrected chi connectivity index (χ1v) is 5.83. The maximum atomic E-state index is 12.0. The average molecular weight is 280 g/mol. The van der Waals surface area contributed by atoms with Crippen LogP contribution in [-0.2, 0) is 19.1 Å². The molecular weight excluding hydrogens is 268 g/mol. The fourth-order valence-electron chi connectivity index (χ4n) is 2.09. The van der Waals surface area contributed by atoms with E-state index in [1.807, 2.05) is 0 Å². The summed E-state index contributed by atoms with van der Waals surface area (Å²) in [4.78, 5) is 46.6. The molecule has 2 aliphatic rings. The second-order valence-corrected chi connectivity index (χ2v) is 4.18. The van der Waals surface area contributed by atoms with Gasteiger partial charge in [0, 0.05) is 7.05 Å². The Hall–Kier alpha value is -2.64. The van der Waals surface area contributed by atoms with Gasteiger partial charge < -0.3 is 9.84 Å². The van der Waals surface area contributed by atoms with Gasteiger partial charge in [0.2, 0.25) is 0 Å². The highest BCUT2D eigenvalue weighted by atomic mass is 16.6. The van der Waals surface area contributed by atoms with Gasteiger partial charge in [-0.2, -0.15) is 5.01 Å². The zero-order valence-corrected chi connectivity index (χ0v) is 10.8. The quantitative estimate of drug-likeness (QED) is 0.710. The Morgan fingerprint density at radius 3 is 2.55 bits per heavy atom. The number of amides is 2. The van der Waals surface area contributed by atoms with Crippen molar-refractivity contribution in [3.05, 3.63) is 23.4 Å². The van der Waals surface area contributed by atoms with Gasteiger partial charge in [0.05, 0.1) is 17.9 Å². The van der Waals surface area contributed by atoms with Gasteiger partial charge in [0.1, 0.15) is 5.92 Å². The molecule has 1 saturated heterocycles. The van der Waals surface area contributed by atoms with E-state index in [0.717, 1.165) is 22.2 Å². The zero-order chi connectivity index (χ0) is 15.0. The van der Waals surface area contributed by atoms with Gasteiger partial charge in [0.25, 0.3) is 5.91 Å². The Balaban J connectivity index is 2.47. The summed E-state index contributed by atoms with van der Waals surface area (Å²) in [6.45, 7) is 1.68. The van der Waals surface area contributed by atoms with Crippen LogP contribution in [0.15, 0.2) is 23.4 Å². The van der Waals surface area contributed by atoms with E-state index in [4.69, 9.17) is 9.84 Å². The Labute approximate surface area is 113 Å². The van der Waals surface area contributed by atoms with E-state index in [1.54, 1.807) is 6.92 Å². The number of hydrazine groups is 1. The molecule has 0 saturated carbocycles. The van der Waals surface area contributed by atoms with Crippen molar-refractivity contribution in [3.8, 4) is 0 Å². The van der Waals surface area contributed by atoms with Crippen molar-refractivity contribution in [2.75, 3.05) is 13.7 Å². The van der Waals surface area contributed by atoms with Gasteiger partial charge >= 0.3 is 12.1 Å². The molecule has 8 heteroatoms. The maximum absolute atomic E-state index is 12.0. The fourth-order valence-corrected chi connectivity index (χ4v) is 2.09. The molecule has 1 atom stereocenters. The first kappa shape index (κ1) is 13.8. The predicted molar refractivity (Wildman–Crippen MR) is 63.9 cm³/mol. The minimum atomic E-state index is -1.31. The van der Waals surface area contributed by atoms with Gasteiger partial charge in [-0.25, -0.2) is 14.6 Å². The largest absolute Gasteiger partial charge is 0.478 e. The molecule has 0 aromatic rings. The summed E-state index contributed by atoms with van der Waals surface area (Å²) < 4.78 is 4.80. The number of hydrogen-bond acceptors (Lipinski definition) is 5. The van der Waals surface area contributed by atoms with Crippen molar-refractivity contribution in [3.63, 3.8) is 0 Å². The number of aliphatic carboxylic acids is 1. The molecule has 1 aliphatic heterocycles. The number of carbonyl (C=O) groups excluding carboxylic acids is 3. The molecule has 0 spiro atoms. The second kappa shape index (κ2) is 4.80. The van der Waals surface area contributed by atoms with Crippen LogP contribution >= 0.6 is 0 Å². The minimum Gasteiger partial charge on any atom is -0.478 e. The third kappa shape index (κ3) is 1.94. The summed E-state index contributed by atoms with van der Waals surface area (Å²) in [6.07, 6.45) is 1.18. The molecule has 1 heterocycles. The lowest BCUT2D eigenvalue weighted by Gasteiger charge is -2.24. The maximum Gasteiger partial charge on any atom is 0.433 e. The van der Waals surface area contributed by atoms with Crippen molar-refractivity contribution in [2.24, 2.45) is 5.92 Å². The van der Waals surface area contributed by atoms with Crippen LogP contribution in [0.25, 0.3) is 0 Å². The molecule has 1 fully saturated rings. The summed E-state index contributed by atoms with van der Waals surface area (Å²) in [7, 11) is 1.31.